The van der Waals surface area contributed by atoms with Crippen LogP contribution in [0.4, 0.5) is 0 Å². The topological polar surface area (TPSA) is 50.2 Å². The summed E-state index contributed by atoms with van der Waals surface area (Å²) in [6.45, 7) is -6.07. The number of rotatable bonds is 2. The third-order valence-corrected chi connectivity index (χ3v) is 3.97. The Morgan fingerprint density at radius 2 is 2.13 bits per heavy atom. The van der Waals surface area contributed by atoms with E-state index in [0.717, 1.165) is 0 Å². The first-order valence-electron chi connectivity index (χ1n) is 14.1. The van der Waals surface area contributed by atoms with Crippen LogP contribution in [-0.2, 0) is 6.98 Å². The second kappa shape index (κ2) is 5.64. The third kappa shape index (κ3) is 2.53. The van der Waals surface area contributed by atoms with Gasteiger partial charge >= 0.3 is 0 Å². The van der Waals surface area contributed by atoms with Gasteiger partial charge in [0.2, 0.25) is 0 Å². The van der Waals surface area contributed by atoms with E-state index in [4.69, 9.17) is 19.2 Å². The van der Waals surface area contributed by atoms with Gasteiger partial charge in [0.15, 0.2) is 5.69 Å². The molecule has 4 rings (SSSR count). The molecule has 0 aliphatic carbocycles. The van der Waals surface area contributed by atoms with Crippen LogP contribution >= 0.6 is 0 Å². The van der Waals surface area contributed by atoms with Crippen molar-refractivity contribution in [2.75, 3.05) is 6.98 Å². The summed E-state index contributed by atoms with van der Waals surface area (Å²) >= 11 is 0. The zero-order valence-corrected chi connectivity index (χ0v) is 12.1. The fourth-order valence-electron chi connectivity index (χ4n) is 2.86. The van der Waals surface area contributed by atoms with Crippen LogP contribution in [0.15, 0.2) is 24.3 Å². The largest absolute Gasteiger partial charge is 0.348 e. The number of amides is 1. The van der Waals surface area contributed by atoms with Gasteiger partial charge < -0.3 is 10.2 Å². The molecule has 0 radical (unpaired) electrons. The Balaban J connectivity index is 1.80. The Morgan fingerprint density at radius 3 is 2.87 bits per heavy atom. The molecule has 1 amide bonds. The van der Waals surface area contributed by atoms with Crippen molar-refractivity contribution in [3.8, 4) is 0 Å². The molecule has 5 nitrogen and oxygen atoms in total. The van der Waals surface area contributed by atoms with Crippen LogP contribution in [0.2, 0.25) is 0 Å². The third-order valence-electron chi connectivity index (χ3n) is 3.97. The summed E-state index contributed by atoms with van der Waals surface area (Å²) in [7, 11) is 0. The van der Waals surface area contributed by atoms with Crippen LogP contribution in [0.3, 0.4) is 0 Å². The molecule has 2 aliphatic heterocycles. The molecular weight excluding hydrogens is 288 g/mol. The quantitative estimate of drug-likeness (QED) is 0.921. The number of para-hydroxylation sites is 1. The van der Waals surface area contributed by atoms with Gasteiger partial charge in [0.05, 0.1) is 5.52 Å². The van der Waals surface area contributed by atoms with Gasteiger partial charge in [0, 0.05) is 49.6 Å². The first kappa shape index (κ1) is 5.88. The summed E-state index contributed by atoms with van der Waals surface area (Å²) < 4.78 is 115. The maximum atomic E-state index is 13.2. The number of benzene rings is 1. The van der Waals surface area contributed by atoms with E-state index in [9.17, 15) is 4.79 Å². The molecule has 2 bridgehead atoms. The van der Waals surface area contributed by atoms with Crippen LogP contribution in [-0.4, -0.2) is 45.6 Å². The van der Waals surface area contributed by atoms with Crippen molar-refractivity contribution in [1.29, 1.82) is 0 Å². The number of aryl methyl sites for hydroxylation is 1. The SMILES string of the molecule is [2H]C([2H])([2H])N1[C@@]2([2H])CC(NC(=O)c3nn(C([2H])([2H])[2H])c4ccccc34)C[C@@]1([2H])C([2H])([2H])C([2H])([2H])C2([2H])[2H]. The predicted octanol–water partition coefficient (Wildman–Crippen LogP) is 2.32. The van der Waals surface area contributed by atoms with Gasteiger partial charge in [0.25, 0.3) is 5.91 Å². The molecule has 1 N–H and O–H groups in total. The Labute approximate surface area is 156 Å². The number of piperidine rings is 2. The molecule has 2 atom stereocenters. The molecule has 23 heavy (non-hydrogen) atoms. The summed E-state index contributed by atoms with van der Waals surface area (Å²) in [5.74, 6) is -0.957. The van der Waals surface area contributed by atoms with E-state index >= 15 is 0 Å². The van der Waals surface area contributed by atoms with Crippen molar-refractivity contribution < 1.29 is 24.0 Å². The van der Waals surface area contributed by atoms with E-state index in [0.29, 0.717) is 4.68 Å². The van der Waals surface area contributed by atoms with Crippen LogP contribution in [0.1, 0.15) is 61.6 Å². The van der Waals surface area contributed by atoms with E-state index in [1.54, 1.807) is 12.1 Å². The highest BCUT2D eigenvalue weighted by Crippen LogP contribution is 2.32. The Morgan fingerprint density at radius 1 is 1.35 bits per heavy atom. The number of hydrogen-bond donors (Lipinski definition) is 1. The van der Waals surface area contributed by atoms with E-state index in [2.05, 4.69) is 10.4 Å². The molecule has 2 aliphatic rings. The molecule has 2 fully saturated rings. The van der Waals surface area contributed by atoms with Crippen molar-refractivity contribution in [2.45, 2.75) is 50.0 Å². The summed E-state index contributed by atoms with van der Waals surface area (Å²) in [6.07, 6.45) is -11.9. The summed E-state index contributed by atoms with van der Waals surface area (Å²) in [6, 6.07) is -1.32. The van der Waals surface area contributed by atoms with Gasteiger partial charge in [-0.15, -0.1) is 0 Å². The van der Waals surface area contributed by atoms with Crippen molar-refractivity contribution in [3.05, 3.63) is 30.0 Å². The minimum Gasteiger partial charge on any atom is -0.348 e. The second-order valence-corrected chi connectivity index (χ2v) is 5.46. The first-order valence-corrected chi connectivity index (χ1v) is 7.14. The highest BCUT2D eigenvalue weighted by molar-refractivity contribution is 6.04. The summed E-state index contributed by atoms with van der Waals surface area (Å²) in [5, 5.41) is 6.51. The number of nitrogens with zero attached hydrogens (tertiary/aromatic N) is 3. The molecule has 3 heterocycles. The molecule has 5 heteroatoms. The second-order valence-electron chi connectivity index (χ2n) is 5.46. The molecular formula is C18H24N4O. The van der Waals surface area contributed by atoms with E-state index in [-0.39, 0.29) is 21.5 Å². The normalized spacial score (nSPS) is 51.0. The smallest absolute Gasteiger partial charge is 0.272 e. The lowest BCUT2D eigenvalue weighted by Crippen LogP contribution is -2.55. The first-order chi connectivity index (χ1) is 16.5. The summed E-state index contributed by atoms with van der Waals surface area (Å²) in [5.41, 5.74) is -0.203. The van der Waals surface area contributed by atoms with Crippen LogP contribution < -0.4 is 5.32 Å². The molecule has 0 saturated carbocycles. The predicted molar refractivity (Wildman–Crippen MR) is 90.4 cm³/mol. The van der Waals surface area contributed by atoms with Crippen LogP contribution in [0, 0.1) is 0 Å². The minimum atomic E-state index is -3.44. The van der Waals surface area contributed by atoms with Gasteiger partial charge in [-0.2, -0.15) is 5.10 Å². The number of carbonyl (C=O) groups is 1. The average molecular weight is 327 g/mol. The molecule has 2 aromatic rings. The average Bonchev–Trinajstić information content (AvgIpc) is 3.11. The molecule has 1 aromatic carbocycles. The van der Waals surface area contributed by atoms with Gasteiger partial charge in [-0.3, -0.25) is 9.48 Å². The lowest BCUT2D eigenvalue weighted by atomic mass is 9.82. The number of nitrogens with one attached hydrogen (secondary N) is 1. The maximum Gasteiger partial charge on any atom is 0.272 e. The molecule has 0 spiro atoms. The van der Waals surface area contributed by atoms with E-state index < -0.39 is 69.9 Å². The van der Waals surface area contributed by atoms with Gasteiger partial charge in [-0.25, -0.2) is 0 Å². The van der Waals surface area contributed by atoms with E-state index in [1.807, 2.05) is 0 Å². The lowest BCUT2D eigenvalue weighted by Gasteiger charge is -2.47. The van der Waals surface area contributed by atoms with Gasteiger partial charge in [-0.05, 0) is 38.6 Å². The number of hydrogen-bond acceptors (Lipinski definition) is 3. The fraction of sp³-hybridized carbons (Fsp3) is 0.556. The Kier molecular flexibility index (Phi) is 1.44. The highest BCUT2D eigenvalue weighted by Gasteiger charge is 2.36. The van der Waals surface area contributed by atoms with Crippen LogP contribution in [0.25, 0.3) is 10.9 Å². The minimum absolute atomic E-state index is 0.0930. The Bertz CT molecular complexity index is 1220. The lowest BCUT2D eigenvalue weighted by molar-refractivity contribution is 0.0462. The monoisotopic (exact) mass is 326 g/mol. The van der Waals surface area contributed by atoms with Gasteiger partial charge in [-0.1, -0.05) is 24.6 Å². The van der Waals surface area contributed by atoms with Crippen molar-refractivity contribution in [3.63, 3.8) is 0 Å². The van der Waals surface area contributed by atoms with Crippen molar-refractivity contribution in [1.82, 2.24) is 20.0 Å². The fourth-order valence-corrected chi connectivity index (χ4v) is 2.86. The van der Waals surface area contributed by atoms with Crippen molar-refractivity contribution in [2.24, 2.45) is 6.98 Å². The number of fused-ring (bicyclic) bond motifs is 3. The highest BCUT2D eigenvalue weighted by atomic mass is 16.2. The maximum absolute atomic E-state index is 13.2. The molecule has 122 valence electrons. The molecule has 0 unspecified atom stereocenters. The molecule has 2 saturated heterocycles. The van der Waals surface area contributed by atoms with Crippen LogP contribution in [0.5, 0.6) is 0 Å². The zero-order valence-electron chi connectivity index (χ0n) is 26.1. The molecule has 1 aromatic heterocycles. The van der Waals surface area contributed by atoms with E-state index in [1.165, 1.54) is 12.1 Å². The Hall–Kier alpha value is -1.88. The number of aromatic nitrogens is 2. The summed E-state index contributed by atoms with van der Waals surface area (Å²) in [4.78, 5) is 13.3. The van der Waals surface area contributed by atoms with Gasteiger partial charge in [0.1, 0.15) is 0 Å². The zero-order chi connectivity index (χ0) is 28.2. The van der Waals surface area contributed by atoms with Crippen molar-refractivity contribution >= 4 is 16.8 Å². The standard InChI is InChI=1S/C18H24N4O/c1-21-13-6-5-7-14(21)11-12(10-13)19-18(23)17-15-8-3-4-9-16(15)22(2)20-17/h3-4,8-9,12-14H,5-7,10-11H2,1-2H3,(H,19,23)/t13-,14-/m1/s1/i1D3,2D3,5D2,6D2,7D2,13D,14D. The number of carbonyl (C=O) groups excluding carboxylic acids is 1.